The zero-order chi connectivity index (χ0) is 11.3. The van der Waals surface area contributed by atoms with Gasteiger partial charge in [-0.1, -0.05) is 6.08 Å². The van der Waals surface area contributed by atoms with E-state index >= 15 is 0 Å². The zero-order valence-electron chi connectivity index (χ0n) is 9.58. The summed E-state index contributed by atoms with van der Waals surface area (Å²) in [6.07, 6.45) is 7.19. The third-order valence-corrected chi connectivity index (χ3v) is 2.51. The van der Waals surface area contributed by atoms with E-state index in [0.29, 0.717) is 6.42 Å². The van der Waals surface area contributed by atoms with Gasteiger partial charge in [0, 0.05) is 14.2 Å². The maximum Gasteiger partial charge on any atom is 0.194 e. The first-order valence-corrected chi connectivity index (χ1v) is 4.87. The lowest BCUT2D eigenvalue weighted by atomic mass is 9.97. The predicted octanol–water partition coefficient (Wildman–Crippen LogP) is 2.41. The number of methoxy groups -OCH3 is 3. The summed E-state index contributed by atoms with van der Waals surface area (Å²) in [7, 11) is 4.91. The molecule has 3 heteroatoms. The summed E-state index contributed by atoms with van der Waals surface area (Å²) >= 11 is 0. The minimum atomic E-state index is -0.696. The van der Waals surface area contributed by atoms with Crippen LogP contribution in [-0.2, 0) is 14.2 Å². The molecule has 0 aromatic rings. The van der Waals surface area contributed by atoms with Crippen molar-refractivity contribution in [2.24, 2.45) is 0 Å². The van der Waals surface area contributed by atoms with Crippen LogP contribution in [0.4, 0.5) is 0 Å². The van der Waals surface area contributed by atoms with Crippen LogP contribution in [0.3, 0.4) is 0 Å². The SMILES string of the molecule is C=CCC1=CC(OC)(OC)CC(OC)=C1. The molecule has 1 aliphatic carbocycles. The molecule has 15 heavy (non-hydrogen) atoms. The molecule has 0 aromatic carbocycles. The lowest BCUT2D eigenvalue weighted by molar-refractivity contribution is -0.174. The van der Waals surface area contributed by atoms with Gasteiger partial charge in [0.25, 0.3) is 0 Å². The van der Waals surface area contributed by atoms with E-state index in [1.807, 2.05) is 18.2 Å². The Labute approximate surface area is 91.0 Å². The second-order valence-corrected chi connectivity index (χ2v) is 3.42. The summed E-state index contributed by atoms with van der Waals surface area (Å²) in [4.78, 5) is 0. The van der Waals surface area contributed by atoms with E-state index in [-0.39, 0.29) is 0 Å². The van der Waals surface area contributed by atoms with Crippen molar-refractivity contribution >= 4 is 0 Å². The molecular weight excluding hydrogens is 192 g/mol. The van der Waals surface area contributed by atoms with Crippen LogP contribution in [0, 0.1) is 0 Å². The van der Waals surface area contributed by atoms with Crippen LogP contribution < -0.4 is 0 Å². The molecule has 0 fully saturated rings. The average Bonchev–Trinajstić information content (AvgIpc) is 2.29. The summed E-state index contributed by atoms with van der Waals surface area (Å²) in [5.74, 6) is 0.163. The normalized spacial score (nSPS) is 19.1. The Bertz CT molecular complexity index is 285. The highest BCUT2D eigenvalue weighted by atomic mass is 16.7. The molecule has 0 N–H and O–H groups in total. The topological polar surface area (TPSA) is 27.7 Å². The Hall–Kier alpha value is -1.06. The summed E-state index contributed by atoms with van der Waals surface area (Å²) in [5.41, 5.74) is 1.09. The van der Waals surface area contributed by atoms with Gasteiger partial charge in [0.05, 0.1) is 13.5 Å². The molecule has 1 rings (SSSR count). The van der Waals surface area contributed by atoms with Crippen LogP contribution in [0.5, 0.6) is 0 Å². The molecule has 0 unspecified atom stereocenters. The van der Waals surface area contributed by atoms with Gasteiger partial charge in [-0.05, 0) is 24.1 Å². The first kappa shape index (κ1) is 12.0. The Kier molecular flexibility index (Phi) is 4.12. The number of allylic oxidation sites excluding steroid dienone is 3. The third-order valence-electron chi connectivity index (χ3n) is 2.51. The van der Waals surface area contributed by atoms with Crippen LogP contribution in [-0.4, -0.2) is 27.1 Å². The van der Waals surface area contributed by atoms with Crippen molar-refractivity contribution in [2.45, 2.75) is 18.6 Å². The minimum absolute atomic E-state index is 0.594. The smallest absolute Gasteiger partial charge is 0.194 e. The first-order chi connectivity index (χ1) is 7.19. The summed E-state index contributed by atoms with van der Waals surface area (Å²) < 4.78 is 16.0. The van der Waals surface area contributed by atoms with E-state index in [1.165, 1.54) is 0 Å². The fourth-order valence-electron chi connectivity index (χ4n) is 1.64. The number of hydrogen-bond acceptors (Lipinski definition) is 3. The van der Waals surface area contributed by atoms with Gasteiger partial charge in [0.15, 0.2) is 5.79 Å². The van der Waals surface area contributed by atoms with Crippen molar-refractivity contribution in [3.05, 3.63) is 36.1 Å². The van der Waals surface area contributed by atoms with E-state index in [1.54, 1.807) is 21.3 Å². The van der Waals surface area contributed by atoms with E-state index in [2.05, 4.69) is 6.58 Å². The lowest BCUT2D eigenvalue weighted by Crippen LogP contribution is -2.34. The standard InChI is InChI=1S/C12H18O3/c1-5-6-10-7-11(13-2)9-12(8-10,14-3)15-4/h5,7-8H,1,6,9H2,2-4H3. The number of hydrogen-bond donors (Lipinski definition) is 0. The average molecular weight is 210 g/mol. The fraction of sp³-hybridized carbons (Fsp3) is 0.500. The van der Waals surface area contributed by atoms with Gasteiger partial charge in [-0.25, -0.2) is 0 Å². The van der Waals surface area contributed by atoms with Crippen molar-refractivity contribution in [3.63, 3.8) is 0 Å². The van der Waals surface area contributed by atoms with Gasteiger partial charge >= 0.3 is 0 Å². The summed E-state index contributed by atoms with van der Waals surface area (Å²) in [6, 6.07) is 0. The maximum absolute atomic E-state index is 5.38. The number of ether oxygens (including phenoxy) is 3. The summed E-state index contributed by atoms with van der Waals surface area (Å²) in [6.45, 7) is 3.71. The van der Waals surface area contributed by atoms with Crippen LogP contribution in [0.25, 0.3) is 0 Å². The van der Waals surface area contributed by atoms with Crippen LogP contribution >= 0.6 is 0 Å². The highest BCUT2D eigenvalue weighted by Crippen LogP contribution is 2.31. The largest absolute Gasteiger partial charge is 0.501 e. The van der Waals surface area contributed by atoms with Gasteiger partial charge in [-0.15, -0.1) is 6.58 Å². The third kappa shape index (κ3) is 2.70. The predicted molar refractivity (Wildman–Crippen MR) is 59.4 cm³/mol. The first-order valence-electron chi connectivity index (χ1n) is 4.87. The monoisotopic (exact) mass is 210 g/mol. The Morgan fingerprint density at radius 1 is 1.40 bits per heavy atom. The zero-order valence-corrected chi connectivity index (χ0v) is 9.58. The molecule has 0 heterocycles. The van der Waals surface area contributed by atoms with Crippen molar-refractivity contribution in [2.75, 3.05) is 21.3 Å². The van der Waals surface area contributed by atoms with Gasteiger partial charge in [-0.3, -0.25) is 0 Å². The molecule has 0 aromatic heterocycles. The highest BCUT2D eigenvalue weighted by molar-refractivity contribution is 5.31. The molecule has 0 amide bonds. The Morgan fingerprint density at radius 2 is 2.07 bits per heavy atom. The van der Waals surface area contributed by atoms with Crippen molar-refractivity contribution < 1.29 is 14.2 Å². The van der Waals surface area contributed by atoms with E-state index < -0.39 is 5.79 Å². The molecule has 0 atom stereocenters. The lowest BCUT2D eigenvalue weighted by Gasteiger charge is -2.31. The summed E-state index contributed by atoms with van der Waals surface area (Å²) in [5, 5.41) is 0. The van der Waals surface area contributed by atoms with Gasteiger partial charge in [0.1, 0.15) is 5.76 Å². The molecule has 1 aliphatic rings. The van der Waals surface area contributed by atoms with Crippen LogP contribution in [0.15, 0.2) is 36.1 Å². The molecule has 0 bridgehead atoms. The van der Waals surface area contributed by atoms with E-state index in [0.717, 1.165) is 17.8 Å². The van der Waals surface area contributed by atoms with Gasteiger partial charge in [-0.2, -0.15) is 0 Å². The second-order valence-electron chi connectivity index (χ2n) is 3.42. The van der Waals surface area contributed by atoms with Crippen molar-refractivity contribution in [3.8, 4) is 0 Å². The molecule has 0 radical (unpaired) electrons. The highest BCUT2D eigenvalue weighted by Gasteiger charge is 2.32. The second kappa shape index (κ2) is 5.14. The van der Waals surface area contributed by atoms with E-state index in [4.69, 9.17) is 14.2 Å². The molecule has 0 saturated carbocycles. The Balaban J connectivity index is 2.96. The van der Waals surface area contributed by atoms with Crippen LogP contribution in [0.2, 0.25) is 0 Å². The molecule has 3 nitrogen and oxygen atoms in total. The van der Waals surface area contributed by atoms with Gasteiger partial charge < -0.3 is 14.2 Å². The quantitative estimate of drug-likeness (QED) is 0.515. The minimum Gasteiger partial charge on any atom is -0.501 e. The van der Waals surface area contributed by atoms with E-state index in [9.17, 15) is 0 Å². The molecule has 0 saturated heterocycles. The fourth-order valence-corrected chi connectivity index (χ4v) is 1.64. The molecule has 0 aliphatic heterocycles. The maximum atomic E-state index is 5.38. The van der Waals surface area contributed by atoms with Crippen molar-refractivity contribution in [1.29, 1.82) is 0 Å². The Morgan fingerprint density at radius 3 is 2.53 bits per heavy atom. The number of rotatable bonds is 5. The van der Waals surface area contributed by atoms with Gasteiger partial charge in [0.2, 0.25) is 0 Å². The van der Waals surface area contributed by atoms with Crippen molar-refractivity contribution in [1.82, 2.24) is 0 Å². The van der Waals surface area contributed by atoms with Crippen LogP contribution in [0.1, 0.15) is 12.8 Å². The molecule has 84 valence electrons. The molecular formula is C12H18O3. The molecule has 0 spiro atoms.